The lowest BCUT2D eigenvalue weighted by Gasteiger charge is -2.34. The van der Waals surface area contributed by atoms with Gasteiger partial charge >= 0.3 is 6.03 Å². The number of carbonyl (C=O) groups is 1. The molecule has 1 rings (SSSR count). The third-order valence-electron chi connectivity index (χ3n) is 3.40. The van der Waals surface area contributed by atoms with Gasteiger partial charge in [0, 0.05) is 17.2 Å². The molecule has 0 aromatic rings. The van der Waals surface area contributed by atoms with Crippen molar-refractivity contribution in [3.05, 3.63) is 22.6 Å². The highest BCUT2D eigenvalue weighted by Crippen LogP contribution is 2.32. The lowest BCUT2D eigenvalue weighted by Crippen LogP contribution is -2.50. The van der Waals surface area contributed by atoms with E-state index in [4.69, 9.17) is 23.2 Å². The first-order valence-corrected chi connectivity index (χ1v) is 8.17. The van der Waals surface area contributed by atoms with Crippen LogP contribution in [-0.2, 0) is 0 Å². The molecule has 0 spiro atoms. The van der Waals surface area contributed by atoms with E-state index in [-0.39, 0.29) is 33.7 Å². The first-order valence-electron chi connectivity index (χ1n) is 7.36. The first-order chi connectivity index (χ1) is 9.82. The Labute approximate surface area is 142 Å². The third-order valence-corrected chi connectivity index (χ3v) is 4.29. The summed E-state index contributed by atoms with van der Waals surface area (Å²) in [7, 11) is 0. The highest BCUT2D eigenvalue weighted by atomic mass is 35.5. The first kappa shape index (κ1) is 19.2. The summed E-state index contributed by atoms with van der Waals surface area (Å²) < 4.78 is 0. The maximum atomic E-state index is 12.2. The summed E-state index contributed by atoms with van der Waals surface area (Å²) in [6, 6.07) is -0.304. The van der Waals surface area contributed by atoms with E-state index in [1.165, 1.54) is 6.08 Å². The van der Waals surface area contributed by atoms with Gasteiger partial charge in [-0.25, -0.2) is 4.79 Å². The minimum atomic E-state index is -0.643. The molecule has 0 aromatic carbocycles. The van der Waals surface area contributed by atoms with E-state index in [0.717, 1.165) is 6.42 Å². The molecular weight excluding hydrogens is 323 g/mol. The normalized spacial score (nSPS) is 23.2. The molecule has 0 saturated carbocycles. The van der Waals surface area contributed by atoms with Crippen molar-refractivity contribution in [1.29, 1.82) is 0 Å². The Morgan fingerprint density at radius 3 is 2.36 bits per heavy atom. The summed E-state index contributed by atoms with van der Waals surface area (Å²) >= 11 is 12.0. The number of carbonyl (C=O) groups excluding carboxylic acids is 1. The van der Waals surface area contributed by atoms with E-state index < -0.39 is 5.38 Å². The van der Waals surface area contributed by atoms with Crippen LogP contribution in [0.3, 0.4) is 0 Å². The Morgan fingerprint density at radius 1 is 1.32 bits per heavy atom. The molecule has 2 amide bonds. The predicted octanol–water partition coefficient (Wildman–Crippen LogP) is 4.65. The van der Waals surface area contributed by atoms with Gasteiger partial charge in [0.05, 0.1) is 5.03 Å². The molecule has 22 heavy (non-hydrogen) atoms. The summed E-state index contributed by atoms with van der Waals surface area (Å²) in [5, 5.41) is 15.0. The van der Waals surface area contributed by atoms with Crippen molar-refractivity contribution in [1.82, 2.24) is 10.6 Å². The maximum Gasteiger partial charge on any atom is 0.319 e. The Balaban J connectivity index is 2.75. The minimum absolute atomic E-state index is 0.0603. The van der Waals surface area contributed by atoms with Crippen LogP contribution in [0.25, 0.3) is 0 Å². The van der Waals surface area contributed by atoms with Crippen LogP contribution in [0.4, 0.5) is 4.79 Å². The standard InChI is InChI=1S/C16H26Cl2N2O2/c1-9-11(7-10(17)13(21)12(9)18)19-14(22)20-16(5,6)8-15(2,3)4/h7,9,12,21H,8H2,1-6H3,(H2,19,20,22). The lowest BCUT2D eigenvalue weighted by molar-refractivity contribution is 0.211. The molecule has 0 fully saturated rings. The molecule has 0 bridgehead atoms. The fourth-order valence-electron chi connectivity index (χ4n) is 2.86. The number of alkyl halides is 1. The highest BCUT2D eigenvalue weighted by molar-refractivity contribution is 6.33. The molecule has 126 valence electrons. The van der Waals surface area contributed by atoms with Gasteiger partial charge in [-0.15, -0.1) is 11.6 Å². The van der Waals surface area contributed by atoms with Gasteiger partial charge in [-0.1, -0.05) is 39.3 Å². The van der Waals surface area contributed by atoms with Crippen molar-refractivity contribution in [2.45, 2.75) is 58.9 Å². The second-order valence-electron chi connectivity index (χ2n) is 7.72. The quantitative estimate of drug-likeness (QED) is 0.650. The minimum Gasteiger partial charge on any atom is -0.509 e. The Kier molecular flexibility index (Phi) is 5.85. The summed E-state index contributed by atoms with van der Waals surface area (Å²) in [6.45, 7) is 12.2. The third kappa shape index (κ3) is 5.40. The van der Waals surface area contributed by atoms with Gasteiger partial charge in [0.15, 0.2) is 0 Å². The number of halogens is 2. The van der Waals surface area contributed by atoms with Crippen LogP contribution < -0.4 is 10.6 Å². The number of hydrogen-bond acceptors (Lipinski definition) is 2. The van der Waals surface area contributed by atoms with E-state index in [2.05, 4.69) is 31.4 Å². The zero-order valence-electron chi connectivity index (χ0n) is 14.1. The zero-order valence-corrected chi connectivity index (χ0v) is 15.6. The molecule has 6 heteroatoms. The molecule has 1 aliphatic carbocycles. The maximum absolute atomic E-state index is 12.2. The summed E-state index contributed by atoms with van der Waals surface area (Å²) in [5.74, 6) is -0.296. The van der Waals surface area contributed by atoms with Crippen molar-refractivity contribution in [2.75, 3.05) is 0 Å². The predicted molar refractivity (Wildman–Crippen MR) is 92.2 cm³/mol. The van der Waals surface area contributed by atoms with Crippen molar-refractivity contribution in [3.63, 3.8) is 0 Å². The number of nitrogens with one attached hydrogen (secondary N) is 2. The highest BCUT2D eigenvalue weighted by Gasteiger charge is 2.31. The van der Waals surface area contributed by atoms with Crippen LogP contribution in [0, 0.1) is 11.3 Å². The topological polar surface area (TPSA) is 61.4 Å². The molecule has 2 atom stereocenters. The smallest absolute Gasteiger partial charge is 0.319 e. The molecule has 1 aliphatic rings. The van der Waals surface area contributed by atoms with E-state index in [9.17, 15) is 9.90 Å². The average Bonchev–Trinajstić information content (AvgIpc) is 2.29. The van der Waals surface area contributed by atoms with Gasteiger partial charge < -0.3 is 15.7 Å². The number of allylic oxidation sites excluding steroid dienone is 4. The number of amides is 2. The summed E-state index contributed by atoms with van der Waals surface area (Å²) in [4.78, 5) is 12.2. The summed E-state index contributed by atoms with van der Waals surface area (Å²) in [5.41, 5.74) is 0.350. The van der Waals surface area contributed by atoms with E-state index in [0.29, 0.717) is 5.70 Å². The van der Waals surface area contributed by atoms with Gasteiger partial charge in [-0.05, 0) is 31.8 Å². The molecule has 4 nitrogen and oxygen atoms in total. The molecule has 0 saturated heterocycles. The van der Waals surface area contributed by atoms with Crippen molar-refractivity contribution < 1.29 is 9.90 Å². The van der Waals surface area contributed by atoms with Gasteiger partial charge in [0.25, 0.3) is 0 Å². The van der Waals surface area contributed by atoms with Crippen LogP contribution in [0.5, 0.6) is 0 Å². The van der Waals surface area contributed by atoms with Crippen LogP contribution in [0.1, 0.15) is 48.0 Å². The number of aliphatic hydroxyl groups is 1. The van der Waals surface area contributed by atoms with Crippen LogP contribution >= 0.6 is 23.2 Å². The fourth-order valence-corrected chi connectivity index (χ4v) is 3.40. The van der Waals surface area contributed by atoms with E-state index in [1.54, 1.807) is 0 Å². The molecule has 0 radical (unpaired) electrons. The zero-order chi connectivity index (χ0) is 17.3. The molecule has 3 N–H and O–H groups in total. The van der Waals surface area contributed by atoms with Crippen LogP contribution in [-0.4, -0.2) is 22.1 Å². The van der Waals surface area contributed by atoms with Gasteiger partial charge in [0.1, 0.15) is 11.1 Å². The van der Waals surface area contributed by atoms with Crippen LogP contribution in [0.2, 0.25) is 0 Å². The summed E-state index contributed by atoms with van der Waals surface area (Å²) in [6.07, 6.45) is 2.37. The Morgan fingerprint density at radius 2 is 1.86 bits per heavy atom. The molecule has 0 aliphatic heterocycles. The van der Waals surface area contributed by atoms with Gasteiger partial charge in [-0.2, -0.15) is 0 Å². The molecular formula is C16H26Cl2N2O2. The Bertz CT molecular complexity index is 505. The largest absolute Gasteiger partial charge is 0.509 e. The van der Waals surface area contributed by atoms with Gasteiger partial charge in [-0.3, -0.25) is 0 Å². The van der Waals surface area contributed by atoms with Crippen LogP contribution in [0.15, 0.2) is 22.6 Å². The molecule has 2 unspecified atom stereocenters. The Hall–Kier alpha value is -0.870. The number of rotatable bonds is 3. The van der Waals surface area contributed by atoms with Crippen molar-refractivity contribution >= 4 is 29.2 Å². The fraction of sp³-hybridized carbons (Fsp3) is 0.688. The monoisotopic (exact) mass is 348 g/mol. The lowest BCUT2D eigenvalue weighted by atomic mass is 9.82. The van der Waals surface area contributed by atoms with E-state index in [1.807, 2.05) is 20.8 Å². The second kappa shape index (κ2) is 6.71. The number of urea groups is 1. The molecule has 0 aromatic heterocycles. The second-order valence-corrected chi connectivity index (χ2v) is 8.60. The SMILES string of the molecule is CC1C(NC(=O)NC(C)(C)CC(C)(C)C)=CC(Cl)=C(O)C1Cl. The van der Waals surface area contributed by atoms with Crippen molar-refractivity contribution in [3.8, 4) is 0 Å². The molecule has 0 heterocycles. The average molecular weight is 349 g/mol. The number of aliphatic hydroxyl groups excluding tert-OH is 1. The number of hydrogen-bond donors (Lipinski definition) is 3. The van der Waals surface area contributed by atoms with Crippen molar-refractivity contribution in [2.24, 2.45) is 11.3 Å². The van der Waals surface area contributed by atoms with E-state index >= 15 is 0 Å². The van der Waals surface area contributed by atoms with Gasteiger partial charge in [0.2, 0.25) is 0 Å².